The minimum absolute atomic E-state index is 0.107. The number of methoxy groups -OCH3 is 1. The highest BCUT2D eigenvalue weighted by molar-refractivity contribution is 5.80. The van der Waals surface area contributed by atoms with Crippen molar-refractivity contribution in [3.8, 4) is 5.75 Å². The Morgan fingerprint density at radius 3 is 2.63 bits per heavy atom. The predicted octanol–water partition coefficient (Wildman–Crippen LogP) is 2.91. The number of hydrogen-bond acceptors (Lipinski definition) is 2. The number of rotatable bonds is 4. The highest BCUT2D eigenvalue weighted by atomic mass is 16.5. The molecule has 1 aromatic rings. The van der Waals surface area contributed by atoms with Crippen molar-refractivity contribution < 1.29 is 9.53 Å². The number of carbonyl (C=O) groups is 1. The van der Waals surface area contributed by atoms with Gasteiger partial charge in [0.15, 0.2) is 0 Å². The normalized spacial score (nSPS) is 15.5. The van der Waals surface area contributed by atoms with E-state index < -0.39 is 0 Å². The van der Waals surface area contributed by atoms with E-state index in [1.54, 1.807) is 7.11 Å². The summed E-state index contributed by atoms with van der Waals surface area (Å²) in [6.45, 7) is 4.06. The Labute approximate surface area is 115 Å². The van der Waals surface area contributed by atoms with Gasteiger partial charge in [-0.1, -0.05) is 30.5 Å². The zero-order valence-electron chi connectivity index (χ0n) is 12.1. The summed E-state index contributed by atoms with van der Waals surface area (Å²) in [7, 11) is 1.66. The van der Waals surface area contributed by atoms with Crippen LogP contribution in [0.15, 0.2) is 12.1 Å². The Morgan fingerprint density at radius 2 is 2.00 bits per heavy atom. The number of benzene rings is 1. The largest absolute Gasteiger partial charge is 0.496 e. The second-order valence-corrected chi connectivity index (χ2v) is 5.50. The van der Waals surface area contributed by atoms with Crippen LogP contribution in [0.1, 0.15) is 42.4 Å². The van der Waals surface area contributed by atoms with Crippen molar-refractivity contribution in [2.75, 3.05) is 7.11 Å². The molecule has 0 saturated heterocycles. The summed E-state index contributed by atoms with van der Waals surface area (Å²) < 4.78 is 5.42. The van der Waals surface area contributed by atoms with Crippen molar-refractivity contribution >= 4 is 5.91 Å². The number of aryl methyl sites for hydroxylation is 2. The van der Waals surface area contributed by atoms with E-state index in [9.17, 15) is 4.79 Å². The van der Waals surface area contributed by atoms with E-state index >= 15 is 0 Å². The number of amides is 1. The molecule has 1 fully saturated rings. The molecule has 0 bridgehead atoms. The molecule has 1 amide bonds. The van der Waals surface area contributed by atoms with Gasteiger partial charge in [-0.2, -0.15) is 0 Å². The topological polar surface area (TPSA) is 38.3 Å². The summed E-state index contributed by atoms with van der Waals surface area (Å²) in [5.41, 5.74) is 3.24. The number of carbonyl (C=O) groups excluding carboxylic acids is 1. The smallest absolute Gasteiger partial charge is 0.224 e. The third kappa shape index (κ3) is 3.49. The molecule has 19 heavy (non-hydrogen) atoms. The summed E-state index contributed by atoms with van der Waals surface area (Å²) in [6.07, 6.45) is 5.11. The first-order valence-electron chi connectivity index (χ1n) is 7.03. The van der Waals surface area contributed by atoms with Gasteiger partial charge in [0.05, 0.1) is 13.5 Å². The molecule has 0 spiro atoms. The maximum Gasteiger partial charge on any atom is 0.224 e. The Balaban J connectivity index is 2.07. The van der Waals surface area contributed by atoms with Gasteiger partial charge in [-0.25, -0.2) is 0 Å². The minimum atomic E-state index is 0.107. The third-order valence-corrected chi connectivity index (χ3v) is 3.77. The molecule has 104 valence electrons. The molecule has 1 aromatic carbocycles. The van der Waals surface area contributed by atoms with Gasteiger partial charge in [0, 0.05) is 11.6 Å². The number of nitrogens with one attached hydrogen (secondary N) is 1. The molecule has 3 heteroatoms. The second kappa shape index (κ2) is 6.09. The van der Waals surface area contributed by atoms with Gasteiger partial charge >= 0.3 is 0 Å². The lowest BCUT2D eigenvalue weighted by Gasteiger charge is -2.15. The van der Waals surface area contributed by atoms with Crippen LogP contribution in [0.2, 0.25) is 0 Å². The van der Waals surface area contributed by atoms with E-state index in [4.69, 9.17) is 4.74 Å². The molecule has 0 radical (unpaired) electrons. The Morgan fingerprint density at radius 1 is 1.32 bits per heavy atom. The van der Waals surface area contributed by atoms with Crippen molar-refractivity contribution in [2.24, 2.45) is 0 Å². The summed E-state index contributed by atoms with van der Waals surface area (Å²) in [5.74, 6) is 0.947. The Hall–Kier alpha value is -1.51. The quantitative estimate of drug-likeness (QED) is 0.905. The molecule has 2 rings (SSSR count). The lowest BCUT2D eigenvalue weighted by atomic mass is 10.0. The van der Waals surface area contributed by atoms with Crippen LogP contribution in [-0.4, -0.2) is 19.1 Å². The van der Waals surface area contributed by atoms with E-state index in [2.05, 4.69) is 11.4 Å². The van der Waals surface area contributed by atoms with Gasteiger partial charge in [0.1, 0.15) is 5.75 Å². The molecule has 1 N–H and O–H groups in total. The van der Waals surface area contributed by atoms with Crippen LogP contribution >= 0.6 is 0 Å². The maximum absolute atomic E-state index is 12.1. The molecule has 1 saturated carbocycles. The van der Waals surface area contributed by atoms with Crippen LogP contribution in [0.5, 0.6) is 5.75 Å². The lowest BCUT2D eigenvalue weighted by Crippen LogP contribution is -2.33. The second-order valence-electron chi connectivity index (χ2n) is 5.50. The standard InChI is InChI=1S/C16H23NO2/c1-11-8-12(2)16(19-3)13(9-11)10-15(18)17-14-6-4-5-7-14/h8-9,14H,4-7,10H2,1-3H3,(H,17,18). The zero-order valence-corrected chi connectivity index (χ0v) is 12.1. The molecule has 0 aromatic heterocycles. The molecule has 0 heterocycles. The van der Waals surface area contributed by atoms with Crippen LogP contribution in [0.25, 0.3) is 0 Å². The van der Waals surface area contributed by atoms with Gasteiger partial charge in [-0.15, -0.1) is 0 Å². The van der Waals surface area contributed by atoms with Crippen molar-refractivity contribution in [1.82, 2.24) is 5.32 Å². The zero-order chi connectivity index (χ0) is 13.8. The fraction of sp³-hybridized carbons (Fsp3) is 0.562. The van der Waals surface area contributed by atoms with Crippen LogP contribution in [0.4, 0.5) is 0 Å². The predicted molar refractivity (Wildman–Crippen MR) is 76.6 cm³/mol. The molecule has 3 nitrogen and oxygen atoms in total. The Bertz CT molecular complexity index is 462. The fourth-order valence-corrected chi connectivity index (χ4v) is 2.99. The van der Waals surface area contributed by atoms with E-state index in [0.29, 0.717) is 12.5 Å². The average molecular weight is 261 g/mol. The summed E-state index contributed by atoms with van der Waals surface area (Å²) in [6, 6.07) is 4.50. The van der Waals surface area contributed by atoms with Gasteiger partial charge in [0.25, 0.3) is 0 Å². The number of ether oxygens (including phenoxy) is 1. The summed E-state index contributed by atoms with van der Waals surface area (Å²) >= 11 is 0. The van der Waals surface area contributed by atoms with Crippen LogP contribution in [0, 0.1) is 13.8 Å². The van der Waals surface area contributed by atoms with E-state index in [1.165, 1.54) is 18.4 Å². The van der Waals surface area contributed by atoms with Gasteiger partial charge in [0.2, 0.25) is 5.91 Å². The van der Waals surface area contributed by atoms with Crippen LogP contribution in [-0.2, 0) is 11.2 Å². The van der Waals surface area contributed by atoms with E-state index in [-0.39, 0.29) is 5.91 Å². The van der Waals surface area contributed by atoms with E-state index in [0.717, 1.165) is 29.7 Å². The molecule has 1 aliphatic rings. The molecular weight excluding hydrogens is 238 g/mol. The first-order chi connectivity index (χ1) is 9.10. The average Bonchev–Trinajstić information content (AvgIpc) is 2.81. The Kier molecular flexibility index (Phi) is 4.46. The maximum atomic E-state index is 12.1. The van der Waals surface area contributed by atoms with Crippen molar-refractivity contribution in [2.45, 2.75) is 52.0 Å². The minimum Gasteiger partial charge on any atom is -0.496 e. The van der Waals surface area contributed by atoms with E-state index in [1.807, 2.05) is 19.9 Å². The molecular formula is C16H23NO2. The summed E-state index contributed by atoms with van der Waals surface area (Å²) in [4.78, 5) is 12.1. The molecule has 0 aliphatic heterocycles. The summed E-state index contributed by atoms with van der Waals surface area (Å²) in [5, 5.41) is 3.12. The third-order valence-electron chi connectivity index (χ3n) is 3.77. The molecule has 0 atom stereocenters. The number of hydrogen-bond donors (Lipinski definition) is 1. The fourth-order valence-electron chi connectivity index (χ4n) is 2.99. The highest BCUT2D eigenvalue weighted by Gasteiger charge is 2.18. The monoisotopic (exact) mass is 261 g/mol. The van der Waals surface area contributed by atoms with Gasteiger partial charge in [-0.3, -0.25) is 4.79 Å². The van der Waals surface area contributed by atoms with Crippen LogP contribution in [0.3, 0.4) is 0 Å². The van der Waals surface area contributed by atoms with Gasteiger partial charge in [-0.05, 0) is 32.3 Å². The van der Waals surface area contributed by atoms with Crippen molar-refractivity contribution in [3.63, 3.8) is 0 Å². The van der Waals surface area contributed by atoms with Gasteiger partial charge < -0.3 is 10.1 Å². The van der Waals surface area contributed by atoms with Crippen LogP contribution < -0.4 is 10.1 Å². The molecule has 0 unspecified atom stereocenters. The first kappa shape index (κ1) is 13.9. The SMILES string of the molecule is COc1c(C)cc(C)cc1CC(=O)NC1CCCC1. The highest BCUT2D eigenvalue weighted by Crippen LogP contribution is 2.26. The lowest BCUT2D eigenvalue weighted by molar-refractivity contribution is -0.121. The van der Waals surface area contributed by atoms with Crippen molar-refractivity contribution in [3.05, 3.63) is 28.8 Å². The first-order valence-corrected chi connectivity index (χ1v) is 7.03. The van der Waals surface area contributed by atoms with Crippen molar-refractivity contribution in [1.29, 1.82) is 0 Å². The molecule has 1 aliphatic carbocycles.